The first kappa shape index (κ1) is 17.7. The van der Waals surface area contributed by atoms with Crippen LogP contribution in [0.4, 0.5) is 0 Å². The van der Waals surface area contributed by atoms with Crippen molar-refractivity contribution in [3.63, 3.8) is 0 Å². The fraction of sp³-hybridized carbons (Fsp3) is 0.261. The number of hydrogen-bond donors (Lipinski definition) is 1. The first-order valence-corrected chi connectivity index (χ1v) is 10.0. The monoisotopic (exact) mass is 386 g/mol. The smallest absolute Gasteiger partial charge is 0.250 e. The minimum absolute atomic E-state index is 0.0414. The van der Waals surface area contributed by atoms with E-state index < -0.39 is 0 Å². The number of aromatic nitrogens is 3. The maximum Gasteiger partial charge on any atom is 0.250 e. The maximum atomic E-state index is 12.6. The topological polar surface area (TPSA) is 73.0 Å². The molecular weight excluding hydrogens is 364 g/mol. The lowest BCUT2D eigenvalue weighted by Gasteiger charge is -2.12. The summed E-state index contributed by atoms with van der Waals surface area (Å²) in [6.45, 7) is 0.274. The normalized spacial score (nSPS) is 14.5. The predicted octanol–water partition coefficient (Wildman–Crippen LogP) is 4.42. The summed E-state index contributed by atoms with van der Waals surface area (Å²) in [6, 6.07) is 18.0. The number of carbonyl (C=O) groups is 1. The van der Waals surface area contributed by atoms with Crippen LogP contribution in [0.2, 0.25) is 0 Å². The first-order chi connectivity index (χ1) is 14.3. The molecule has 1 aliphatic rings. The summed E-state index contributed by atoms with van der Waals surface area (Å²) in [5, 5.41) is 12.6. The number of benzene rings is 2. The minimum atomic E-state index is 0.0414. The van der Waals surface area contributed by atoms with Crippen LogP contribution in [0, 0.1) is 0 Å². The zero-order chi connectivity index (χ0) is 19.6. The number of carbonyl (C=O) groups excluding carboxylic acids is 1. The second-order valence-corrected chi connectivity index (χ2v) is 7.52. The standard InChI is InChI=1S/C23H22N4O2/c28-21(24-17-10-4-5-11-17)15-27-14-19(18-12-6-7-13-20(18)27)23-26-25-22(29-23)16-8-2-1-3-9-16/h1-3,6-9,12-14,17H,4-5,10-11,15H2,(H,24,28). The van der Waals surface area contributed by atoms with Crippen molar-refractivity contribution in [1.29, 1.82) is 0 Å². The summed E-state index contributed by atoms with van der Waals surface area (Å²) in [7, 11) is 0. The third kappa shape index (κ3) is 3.53. The van der Waals surface area contributed by atoms with Crippen molar-refractivity contribution in [2.45, 2.75) is 38.3 Å². The van der Waals surface area contributed by atoms with E-state index in [1.807, 2.05) is 65.4 Å². The molecule has 146 valence electrons. The Hall–Kier alpha value is -3.41. The van der Waals surface area contributed by atoms with Gasteiger partial charge in [0.1, 0.15) is 6.54 Å². The first-order valence-electron chi connectivity index (χ1n) is 10.0. The molecule has 1 saturated carbocycles. The van der Waals surface area contributed by atoms with Crippen molar-refractivity contribution < 1.29 is 9.21 Å². The molecule has 2 heterocycles. The van der Waals surface area contributed by atoms with Gasteiger partial charge in [-0.3, -0.25) is 4.79 Å². The molecule has 0 atom stereocenters. The molecule has 2 aromatic heterocycles. The fourth-order valence-corrected chi connectivity index (χ4v) is 4.08. The summed E-state index contributed by atoms with van der Waals surface area (Å²) in [5.41, 5.74) is 2.69. The molecule has 6 heteroatoms. The van der Waals surface area contributed by atoms with E-state index in [4.69, 9.17) is 4.42 Å². The largest absolute Gasteiger partial charge is 0.416 e. The Morgan fingerprint density at radius 1 is 1.00 bits per heavy atom. The van der Waals surface area contributed by atoms with Crippen molar-refractivity contribution in [1.82, 2.24) is 20.1 Å². The van der Waals surface area contributed by atoms with Gasteiger partial charge in [-0.25, -0.2) is 0 Å². The molecule has 1 fully saturated rings. The van der Waals surface area contributed by atoms with Crippen LogP contribution in [0.3, 0.4) is 0 Å². The van der Waals surface area contributed by atoms with Gasteiger partial charge in [-0.1, -0.05) is 49.2 Å². The minimum Gasteiger partial charge on any atom is -0.416 e. The SMILES string of the molecule is O=C(Cn1cc(-c2nnc(-c3ccccc3)o2)c2ccccc21)NC1CCCC1. The van der Waals surface area contributed by atoms with Gasteiger partial charge in [0.2, 0.25) is 17.7 Å². The lowest BCUT2D eigenvalue weighted by molar-refractivity contribution is -0.122. The number of amides is 1. The molecule has 4 aromatic rings. The summed E-state index contributed by atoms with van der Waals surface area (Å²) in [4.78, 5) is 12.6. The van der Waals surface area contributed by atoms with Crippen molar-refractivity contribution in [3.05, 3.63) is 60.8 Å². The average molecular weight is 386 g/mol. The van der Waals surface area contributed by atoms with Crippen LogP contribution in [0.25, 0.3) is 33.8 Å². The molecule has 0 unspecified atom stereocenters. The highest BCUT2D eigenvalue weighted by Crippen LogP contribution is 2.31. The Bertz CT molecular complexity index is 1140. The van der Waals surface area contributed by atoms with E-state index >= 15 is 0 Å². The summed E-state index contributed by atoms with van der Waals surface area (Å²) >= 11 is 0. The molecule has 0 aliphatic heterocycles. The Morgan fingerprint density at radius 2 is 1.72 bits per heavy atom. The van der Waals surface area contributed by atoms with Crippen LogP contribution in [0.15, 0.2) is 65.2 Å². The highest BCUT2D eigenvalue weighted by atomic mass is 16.4. The van der Waals surface area contributed by atoms with Crippen molar-refractivity contribution in [2.75, 3.05) is 0 Å². The van der Waals surface area contributed by atoms with Crippen molar-refractivity contribution in [2.24, 2.45) is 0 Å². The zero-order valence-electron chi connectivity index (χ0n) is 16.0. The number of nitrogens with one attached hydrogen (secondary N) is 1. The summed E-state index contributed by atoms with van der Waals surface area (Å²) < 4.78 is 7.91. The van der Waals surface area contributed by atoms with Gasteiger partial charge in [0.15, 0.2) is 0 Å². The van der Waals surface area contributed by atoms with Gasteiger partial charge >= 0.3 is 0 Å². The number of hydrogen-bond acceptors (Lipinski definition) is 4. The van der Waals surface area contributed by atoms with Gasteiger partial charge in [-0.05, 0) is 31.0 Å². The van der Waals surface area contributed by atoms with Gasteiger partial charge in [-0.2, -0.15) is 0 Å². The quantitative estimate of drug-likeness (QED) is 0.551. The van der Waals surface area contributed by atoms with E-state index in [9.17, 15) is 4.79 Å². The summed E-state index contributed by atoms with van der Waals surface area (Å²) in [5.74, 6) is 0.978. The Kier molecular flexibility index (Phi) is 4.60. The van der Waals surface area contributed by atoms with E-state index in [1.165, 1.54) is 12.8 Å². The third-order valence-corrected chi connectivity index (χ3v) is 5.50. The molecule has 0 bridgehead atoms. The van der Waals surface area contributed by atoms with Gasteiger partial charge in [0.25, 0.3) is 0 Å². The van der Waals surface area contributed by atoms with E-state index in [2.05, 4.69) is 15.5 Å². The number of nitrogens with zero attached hydrogens (tertiary/aromatic N) is 3. The molecule has 2 aromatic carbocycles. The van der Waals surface area contributed by atoms with Gasteiger partial charge < -0.3 is 14.3 Å². The Balaban J connectivity index is 1.46. The van der Waals surface area contributed by atoms with Gasteiger partial charge in [0, 0.05) is 28.7 Å². The molecular formula is C23H22N4O2. The van der Waals surface area contributed by atoms with Crippen LogP contribution < -0.4 is 5.32 Å². The molecule has 1 amide bonds. The molecule has 0 spiro atoms. The average Bonchev–Trinajstić information content (AvgIpc) is 3.49. The molecule has 5 rings (SSSR count). The predicted molar refractivity (Wildman–Crippen MR) is 111 cm³/mol. The number of para-hydroxylation sites is 1. The van der Waals surface area contributed by atoms with Crippen LogP contribution in [-0.2, 0) is 11.3 Å². The molecule has 0 radical (unpaired) electrons. The van der Waals surface area contributed by atoms with Gasteiger partial charge in [-0.15, -0.1) is 10.2 Å². The Morgan fingerprint density at radius 3 is 2.55 bits per heavy atom. The zero-order valence-corrected chi connectivity index (χ0v) is 16.0. The lowest BCUT2D eigenvalue weighted by Crippen LogP contribution is -2.35. The second kappa shape index (κ2) is 7.54. The van der Waals surface area contributed by atoms with Crippen LogP contribution in [0.1, 0.15) is 25.7 Å². The van der Waals surface area contributed by atoms with Crippen molar-refractivity contribution >= 4 is 16.8 Å². The lowest BCUT2D eigenvalue weighted by atomic mass is 10.2. The maximum absolute atomic E-state index is 12.6. The molecule has 1 N–H and O–H groups in total. The number of rotatable bonds is 5. The van der Waals surface area contributed by atoms with Crippen LogP contribution in [-0.4, -0.2) is 26.7 Å². The van der Waals surface area contributed by atoms with Crippen molar-refractivity contribution in [3.8, 4) is 22.9 Å². The fourth-order valence-electron chi connectivity index (χ4n) is 4.08. The number of fused-ring (bicyclic) bond motifs is 1. The van der Waals surface area contributed by atoms with E-state index in [0.29, 0.717) is 17.8 Å². The second-order valence-electron chi connectivity index (χ2n) is 7.52. The molecule has 29 heavy (non-hydrogen) atoms. The molecule has 1 aliphatic carbocycles. The summed E-state index contributed by atoms with van der Waals surface area (Å²) in [6.07, 6.45) is 6.48. The van der Waals surface area contributed by atoms with Gasteiger partial charge in [0.05, 0.1) is 5.56 Å². The van der Waals surface area contributed by atoms with Crippen LogP contribution in [0.5, 0.6) is 0 Å². The third-order valence-electron chi connectivity index (χ3n) is 5.50. The molecule has 0 saturated heterocycles. The Labute approximate surface area is 168 Å². The highest BCUT2D eigenvalue weighted by Gasteiger charge is 2.20. The molecule has 6 nitrogen and oxygen atoms in total. The van der Waals surface area contributed by atoms with E-state index in [0.717, 1.165) is 34.9 Å². The highest BCUT2D eigenvalue weighted by molar-refractivity contribution is 5.95. The van der Waals surface area contributed by atoms with Crippen LogP contribution >= 0.6 is 0 Å². The van der Waals surface area contributed by atoms with E-state index in [-0.39, 0.29) is 12.5 Å². The van der Waals surface area contributed by atoms with E-state index in [1.54, 1.807) is 0 Å².